The third-order valence-electron chi connectivity index (χ3n) is 1.34. The fourth-order valence-corrected chi connectivity index (χ4v) is 0.673. The maximum atomic E-state index is 11.1. The highest BCUT2D eigenvalue weighted by molar-refractivity contribution is 7.81. The number of rotatable bonds is 4. The molecule has 0 saturated heterocycles. The van der Waals surface area contributed by atoms with Gasteiger partial charge in [-0.05, 0) is 5.92 Å². The number of carbonyl (C=O) groups excluding carboxylic acids is 2. The molecule has 1 unspecified atom stereocenters. The fourth-order valence-electron chi connectivity index (χ4n) is 0.582. The first-order chi connectivity index (χ1) is 5.45. The lowest BCUT2D eigenvalue weighted by molar-refractivity contribution is -0.124. The smallest absolute Gasteiger partial charge is 0.236 e. The molecule has 0 saturated carbocycles. The summed E-state index contributed by atoms with van der Waals surface area (Å²) in [5.41, 5.74) is 4.84. The molecule has 0 rings (SSSR count). The first-order valence-electron chi connectivity index (χ1n) is 3.69. The molecule has 1 atom stereocenters. The van der Waals surface area contributed by atoms with Crippen LogP contribution in [0.1, 0.15) is 13.8 Å². The molecule has 0 heterocycles. The Hall–Kier alpha value is -0.710. The molecule has 3 N–H and O–H groups in total. The van der Waals surface area contributed by atoms with Gasteiger partial charge >= 0.3 is 0 Å². The van der Waals surface area contributed by atoms with Crippen LogP contribution in [0.15, 0.2) is 0 Å². The van der Waals surface area contributed by atoms with E-state index >= 15 is 0 Å². The van der Waals surface area contributed by atoms with E-state index in [0.29, 0.717) is 0 Å². The van der Waals surface area contributed by atoms with Crippen LogP contribution in [-0.2, 0) is 9.59 Å². The van der Waals surface area contributed by atoms with Crippen molar-refractivity contribution in [3.8, 4) is 0 Å². The molecular formula is C7H14N2O2S. The molecule has 0 aliphatic carbocycles. The van der Waals surface area contributed by atoms with Crippen molar-refractivity contribution in [1.82, 2.24) is 5.32 Å². The highest BCUT2D eigenvalue weighted by Gasteiger charge is 2.17. The Morgan fingerprint density at radius 3 is 2.33 bits per heavy atom. The highest BCUT2D eigenvalue weighted by Crippen LogP contribution is 2.07. The van der Waals surface area contributed by atoms with Crippen molar-refractivity contribution in [3.63, 3.8) is 0 Å². The average Bonchev–Trinajstić information content (AvgIpc) is 1.98. The van der Waals surface area contributed by atoms with Crippen LogP contribution in [0.4, 0.5) is 0 Å². The molecule has 0 aromatic heterocycles. The quantitative estimate of drug-likeness (QED) is 0.525. The summed E-state index contributed by atoms with van der Waals surface area (Å²) in [4.78, 5) is 21.4. The van der Waals surface area contributed by atoms with Gasteiger partial charge in [0, 0.05) is 0 Å². The van der Waals surface area contributed by atoms with Gasteiger partial charge in [-0.15, -0.1) is 0 Å². The van der Waals surface area contributed by atoms with Crippen molar-refractivity contribution in [1.29, 1.82) is 0 Å². The van der Waals surface area contributed by atoms with E-state index in [1.54, 1.807) is 0 Å². The van der Waals surface area contributed by atoms with Gasteiger partial charge in [-0.1, -0.05) is 13.8 Å². The molecule has 0 aliphatic rings. The lowest BCUT2D eigenvalue weighted by Crippen LogP contribution is -2.39. The summed E-state index contributed by atoms with van der Waals surface area (Å²) < 4.78 is 0. The van der Waals surface area contributed by atoms with Crippen molar-refractivity contribution in [3.05, 3.63) is 0 Å². The Labute approximate surface area is 77.3 Å². The van der Waals surface area contributed by atoms with Gasteiger partial charge in [0.2, 0.25) is 11.8 Å². The van der Waals surface area contributed by atoms with E-state index in [0.717, 1.165) is 0 Å². The molecule has 70 valence electrons. The molecule has 0 fully saturated rings. The SMILES string of the molecule is CC(C)C(S)C(=O)NCC(N)=O. The number of nitrogens with two attached hydrogens (primary N) is 1. The zero-order valence-electron chi connectivity index (χ0n) is 7.20. The number of amides is 2. The summed E-state index contributed by atoms with van der Waals surface area (Å²) in [5.74, 6) is -0.666. The minimum absolute atomic E-state index is 0.122. The molecule has 0 aromatic rings. The predicted molar refractivity (Wildman–Crippen MR) is 49.8 cm³/mol. The summed E-state index contributed by atoms with van der Waals surface area (Å²) in [6.45, 7) is 3.63. The van der Waals surface area contributed by atoms with Gasteiger partial charge in [0.05, 0.1) is 11.8 Å². The van der Waals surface area contributed by atoms with Crippen LogP contribution in [0.3, 0.4) is 0 Å². The zero-order chi connectivity index (χ0) is 9.72. The largest absolute Gasteiger partial charge is 0.368 e. The number of primary amides is 1. The summed E-state index contributed by atoms with van der Waals surface area (Å²) in [5, 5.41) is 1.99. The second-order valence-electron chi connectivity index (χ2n) is 2.87. The van der Waals surface area contributed by atoms with Crippen LogP contribution in [-0.4, -0.2) is 23.6 Å². The molecule has 0 spiro atoms. The van der Waals surface area contributed by atoms with E-state index in [9.17, 15) is 9.59 Å². The van der Waals surface area contributed by atoms with Gasteiger partial charge < -0.3 is 11.1 Å². The minimum atomic E-state index is -0.548. The minimum Gasteiger partial charge on any atom is -0.368 e. The van der Waals surface area contributed by atoms with Gasteiger partial charge in [-0.3, -0.25) is 9.59 Å². The molecule has 0 bridgehead atoms. The lowest BCUT2D eigenvalue weighted by Gasteiger charge is -2.13. The molecule has 4 nitrogen and oxygen atoms in total. The van der Waals surface area contributed by atoms with Crippen molar-refractivity contribution >= 4 is 24.4 Å². The second kappa shape index (κ2) is 5.03. The molecule has 0 aliphatic heterocycles. The van der Waals surface area contributed by atoms with Crippen LogP contribution in [0, 0.1) is 5.92 Å². The van der Waals surface area contributed by atoms with Crippen molar-refractivity contribution < 1.29 is 9.59 Å². The Morgan fingerprint density at radius 1 is 1.50 bits per heavy atom. The summed E-state index contributed by atoms with van der Waals surface area (Å²) >= 11 is 4.06. The third-order valence-corrected chi connectivity index (χ3v) is 2.17. The monoisotopic (exact) mass is 190 g/mol. The van der Waals surface area contributed by atoms with E-state index in [-0.39, 0.29) is 23.6 Å². The average molecular weight is 190 g/mol. The number of hydrogen-bond donors (Lipinski definition) is 3. The Kier molecular flexibility index (Phi) is 4.73. The van der Waals surface area contributed by atoms with Gasteiger partial charge in [-0.2, -0.15) is 12.6 Å². The van der Waals surface area contributed by atoms with E-state index in [4.69, 9.17) is 5.73 Å². The van der Waals surface area contributed by atoms with Crippen LogP contribution in [0.25, 0.3) is 0 Å². The van der Waals surface area contributed by atoms with Gasteiger partial charge in [0.1, 0.15) is 0 Å². The Bertz CT molecular complexity index is 182. The van der Waals surface area contributed by atoms with E-state index < -0.39 is 5.91 Å². The van der Waals surface area contributed by atoms with Gasteiger partial charge in [0.15, 0.2) is 0 Å². The maximum Gasteiger partial charge on any atom is 0.236 e. The molecule has 5 heteroatoms. The summed E-state index contributed by atoms with van der Waals surface area (Å²) in [6, 6.07) is 0. The van der Waals surface area contributed by atoms with Crippen molar-refractivity contribution in [2.24, 2.45) is 11.7 Å². The first-order valence-corrected chi connectivity index (χ1v) is 4.21. The fraction of sp³-hybridized carbons (Fsp3) is 0.714. The molecular weight excluding hydrogens is 176 g/mol. The van der Waals surface area contributed by atoms with E-state index in [1.807, 2.05) is 13.8 Å². The molecule has 0 aromatic carbocycles. The van der Waals surface area contributed by atoms with E-state index in [2.05, 4.69) is 17.9 Å². The highest BCUT2D eigenvalue weighted by atomic mass is 32.1. The Morgan fingerprint density at radius 2 is 2.00 bits per heavy atom. The molecule has 0 radical (unpaired) electrons. The number of hydrogen-bond acceptors (Lipinski definition) is 3. The predicted octanol–water partition coefficient (Wildman–Crippen LogP) is -0.458. The Balaban J connectivity index is 3.80. The van der Waals surface area contributed by atoms with Gasteiger partial charge in [0.25, 0.3) is 0 Å². The topological polar surface area (TPSA) is 72.2 Å². The number of carbonyl (C=O) groups is 2. The molecule has 12 heavy (non-hydrogen) atoms. The summed E-state index contributed by atoms with van der Waals surface area (Å²) in [7, 11) is 0. The van der Waals surface area contributed by atoms with Crippen LogP contribution < -0.4 is 11.1 Å². The third kappa shape index (κ3) is 4.23. The number of thiol groups is 1. The van der Waals surface area contributed by atoms with Crippen molar-refractivity contribution in [2.75, 3.05) is 6.54 Å². The summed E-state index contributed by atoms with van der Waals surface area (Å²) in [6.07, 6.45) is 0. The van der Waals surface area contributed by atoms with E-state index in [1.165, 1.54) is 0 Å². The van der Waals surface area contributed by atoms with Crippen LogP contribution in [0.2, 0.25) is 0 Å². The zero-order valence-corrected chi connectivity index (χ0v) is 8.10. The van der Waals surface area contributed by atoms with Crippen molar-refractivity contribution in [2.45, 2.75) is 19.1 Å². The normalized spacial score (nSPS) is 12.7. The first kappa shape index (κ1) is 11.3. The van der Waals surface area contributed by atoms with Crippen LogP contribution >= 0.6 is 12.6 Å². The lowest BCUT2D eigenvalue weighted by atomic mass is 10.1. The van der Waals surface area contributed by atoms with Crippen LogP contribution in [0.5, 0.6) is 0 Å². The standard InChI is InChI=1S/C7H14N2O2S/c1-4(2)6(12)7(11)9-3-5(8)10/h4,6,12H,3H2,1-2H3,(H2,8,10)(H,9,11). The second-order valence-corrected chi connectivity index (χ2v) is 3.43. The molecule has 2 amide bonds. The van der Waals surface area contributed by atoms with Gasteiger partial charge in [-0.25, -0.2) is 0 Å². The maximum absolute atomic E-state index is 11.1. The number of nitrogens with one attached hydrogen (secondary N) is 1.